The van der Waals surface area contributed by atoms with Crippen LogP contribution in [0, 0.1) is 5.92 Å². The molecule has 2 fully saturated rings. The number of amides is 1. The van der Waals surface area contributed by atoms with E-state index in [1.165, 1.54) is 12.8 Å². The van der Waals surface area contributed by atoms with Crippen LogP contribution in [0.25, 0.3) is 0 Å². The summed E-state index contributed by atoms with van der Waals surface area (Å²) in [5.41, 5.74) is 0.863. The highest BCUT2D eigenvalue weighted by Gasteiger charge is 2.37. The van der Waals surface area contributed by atoms with E-state index in [-0.39, 0.29) is 31.0 Å². The highest BCUT2D eigenvalue weighted by atomic mass is 16.5. The number of ether oxygens (including phenoxy) is 2. The van der Waals surface area contributed by atoms with Gasteiger partial charge in [-0.3, -0.25) is 14.5 Å². The lowest BCUT2D eigenvalue weighted by Gasteiger charge is -2.42. The molecule has 0 aromatic heterocycles. The van der Waals surface area contributed by atoms with Crippen molar-refractivity contribution in [3.05, 3.63) is 23.8 Å². The zero-order valence-electron chi connectivity index (χ0n) is 15.9. The van der Waals surface area contributed by atoms with Crippen LogP contribution in [-0.4, -0.2) is 61.3 Å². The van der Waals surface area contributed by atoms with Gasteiger partial charge in [0.15, 0.2) is 11.5 Å². The molecule has 0 radical (unpaired) electrons. The van der Waals surface area contributed by atoms with Crippen molar-refractivity contribution in [2.75, 3.05) is 27.3 Å². The minimum Gasteiger partial charge on any atom is -0.493 e. The third kappa shape index (κ3) is 5.35. The second-order valence-electron chi connectivity index (χ2n) is 7.52. The van der Waals surface area contributed by atoms with E-state index in [9.17, 15) is 9.59 Å². The Bertz CT molecular complexity index is 683. The van der Waals surface area contributed by atoms with Crippen LogP contribution in [0.1, 0.15) is 31.2 Å². The molecule has 148 valence electrons. The van der Waals surface area contributed by atoms with E-state index in [4.69, 9.17) is 14.6 Å². The van der Waals surface area contributed by atoms with Crippen molar-refractivity contribution in [2.24, 2.45) is 5.92 Å². The number of hydrogen-bond acceptors (Lipinski definition) is 5. The van der Waals surface area contributed by atoms with Crippen LogP contribution in [-0.2, 0) is 16.0 Å². The van der Waals surface area contributed by atoms with Crippen LogP contribution in [0.4, 0.5) is 0 Å². The van der Waals surface area contributed by atoms with Gasteiger partial charge in [-0.05, 0) is 49.3 Å². The van der Waals surface area contributed by atoms with E-state index in [0.29, 0.717) is 17.4 Å². The Kier molecular flexibility index (Phi) is 6.21. The smallest absolute Gasteiger partial charge is 0.317 e. The summed E-state index contributed by atoms with van der Waals surface area (Å²) in [5, 5.41) is 12.2. The maximum absolute atomic E-state index is 12.3. The number of carbonyl (C=O) groups excluding carboxylic acids is 1. The van der Waals surface area contributed by atoms with E-state index >= 15 is 0 Å². The standard InChI is InChI=1S/C20H28N2O5/c1-26-17-6-5-14(7-18(17)27-2)8-19(23)21-15-9-16(10-15)22(12-20(24)25)11-13-3-4-13/h5-7,13,15-16H,3-4,8-12H2,1-2H3,(H,21,23)(H,24,25). The molecule has 0 unspecified atom stereocenters. The minimum atomic E-state index is -0.781. The lowest BCUT2D eigenvalue weighted by molar-refractivity contribution is -0.140. The summed E-state index contributed by atoms with van der Waals surface area (Å²) in [4.78, 5) is 25.5. The first-order chi connectivity index (χ1) is 13.0. The number of rotatable bonds is 10. The predicted molar refractivity (Wildman–Crippen MR) is 100 cm³/mol. The third-order valence-corrected chi connectivity index (χ3v) is 5.34. The first-order valence-corrected chi connectivity index (χ1v) is 9.44. The summed E-state index contributed by atoms with van der Waals surface area (Å²) in [6, 6.07) is 5.84. The van der Waals surface area contributed by atoms with Gasteiger partial charge in [0.2, 0.25) is 5.91 Å². The van der Waals surface area contributed by atoms with E-state index < -0.39 is 5.97 Å². The number of benzene rings is 1. The molecule has 7 nitrogen and oxygen atoms in total. The van der Waals surface area contributed by atoms with Gasteiger partial charge in [-0.15, -0.1) is 0 Å². The largest absolute Gasteiger partial charge is 0.493 e. The highest BCUT2D eigenvalue weighted by molar-refractivity contribution is 5.79. The molecule has 0 bridgehead atoms. The Morgan fingerprint density at radius 3 is 2.48 bits per heavy atom. The Hall–Kier alpha value is -2.28. The lowest BCUT2D eigenvalue weighted by atomic mass is 9.85. The Balaban J connectivity index is 1.46. The first-order valence-electron chi connectivity index (χ1n) is 9.44. The van der Waals surface area contributed by atoms with Gasteiger partial charge in [-0.25, -0.2) is 0 Å². The molecule has 2 N–H and O–H groups in total. The summed E-state index contributed by atoms with van der Waals surface area (Å²) in [7, 11) is 3.15. The number of nitrogens with one attached hydrogen (secondary N) is 1. The number of nitrogens with zero attached hydrogens (tertiary/aromatic N) is 1. The molecule has 1 amide bonds. The molecule has 2 saturated carbocycles. The second kappa shape index (κ2) is 8.61. The molecule has 1 aromatic carbocycles. The molecule has 0 aliphatic heterocycles. The molecule has 2 aliphatic carbocycles. The second-order valence-corrected chi connectivity index (χ2v) is 7.52. The normalized spacial score (nSPS) is 21.4. The molecule has 1 aromatic rings. The van der Waals surface area contributed by atoms with Crippen molar-refractivity contribution in [3.8, 4) is 11.5 Å². The fourth-order valence-electron chi connectivity index (χ4n) is 3.61. The van der Waals surface area contributed by atoms with E-state index in [1.807, 2.05) is 12.1 Å². The van der Waals surface area contributed by atoms with Crippen LogP contribution >= 0.6 is 0 Å². The van der Waals surface area contributed by atoms with Crippen LogP contribution in [0.5, 0.6) is 11.5 Å². The highest BCUT2D eigenvalue weighted by Crippen LogP contribution is 2.34. The zero-order chi connectivity index (χ0) is 19.4. The summed E-state index contributed by atoms with van der Waals surface area (Å²) >= 11 is 0. The van der Waals surface area contributed by atoms with E-state index in [1.54, 1.807) is 20.3 Å². The molecular weight excluding hydrogens is 348 g/mol. The molecular formula is C20H28N2O5. The van der Waals surface area contributed by atoms with Crippen molar-refractivity contribution in [1.82, 2.24) is 10.2 Å². The zero-order valence-corrected chi connectivity index (χ0v) is 15.9. The topological polar surface area (TPSA) is 88.1 Å². The number of aliphatic carboxylic acids is 1. The summed E-state index contributed by atoms with van der Waals surface area (Å²) < 4.78 is 10.5. The molecule has 0 atom stereocenters. The summed E-state index contributed by atoms with van der Waals surface area (Å²) in [6.45, 7) is 0.955. The van der Waals surface area contributed by atoms with Crippen LogP contribution < -0.4 is 14.8 Å². The number of methoxy groups -OCH3 is 2. The maximum atomic E-state index is 12.3. The van der Waals surface area contributed by atoms with Crippen molar-refractivity contribution < 1.29 is 24.2 Å². The van der Waals surface area contributed by atoms with Crippen LogP contribution in [0.2, 0.25) is 0 Å². The van der Waals surface area contributed by atoms with E-state index in [2.05, 4.69) is 10.2 Å². The quantitative estimate of drug-likeness (QED) is 0.646. The van der Waals surface area contributed by atoms with Gasteiger partial charge in [0.05, 0.1) is 27.2 Å². The SMILES string of the molecule is COc1ccc(CC(=O)NC2CC(N(CC(=O)O)CC3CC3)C2)cc1OC. The van der Waals surface area contributed by atoms with Gasteiger partial charge < -0.3 is 19.9 Å². The third-order valence-electron chi connectivity index (χ3n) is 5.34. The van der Waals surface area contributed by atoms with Gasteiger partial charge in [-0.1, -0.05) is 6.07 Å². The van der Waals surface area contributed by atoms with Crippen LogP contribution in [0.3, 0.4) is 0 Å². The Labute approximate surface area is 159 Å². The van der Waals surface area contributed by atoms with Crippen molar-refractivity contribution >= 4 is 11.9 Å². The molecule has 27 heavy (non-hydrogen) atoms. The van der Waals surface area contributed by atoms with Gasteiger partial charge >= 0.3 is 5.97 Å². The van der Waals surface area contributed by atoms with E-state index in [0.717, 1.165) is 24.9 Å². The minimum absolute atomic E-state index is 0.0300. The lowest BCUT2D eigenvalue weighted by Crippen LogP contribution is -2.55. The molecule has 7 heteroatoms. The Morgan fingerprint density at radius 1 is 1.19 bits per heavy atom. The molecule has 2 aliphatic rings. The average Bonchev–Trinajstić information content (AvgIpc) is 3.40. The number of hydrogen-bond donors (Lipinski definition) is 2. The molecule has 3 rings (SSSR count). The fraction of sp³-hybridized carbons (Fsp3) is 0.600. The molecule has 0 saturated heterocycles. The van der Waals surface area contributed by atoms with Gasteiger partial charge in [-0.2, -0.15) is 0 Å². The van der Waals surface area contributed by atoms with Gasteiger partial charge in [0.25, 0.3) is 0 Å². The summed E-state index contributed by atoms with van der Waals surface area (Å²) in [5.74, 6) is 1.09. The first kappa shape index (κ1) is 19.5. The number of carbonyl (C=O) groups is 2. The van der Waals surface area contributed by atoms with Crippen molar-refractivity contribution in [2.45, 2.75) is 44.2 Å². The number of carboxylic acids is 1. The van der Waals surface area contributed by atoms with Gasteiger partial charge in [0, 0.05) is 18.6 Å². The van der Waals surface area contributed by atoms with Crippen molar-refractivity contribution in [3.63, 3.8) is 0 Å². The molecule has 0 spiro atoms. The number of carboxylic acid groups (broad SMARTS) is 1. The van der Waals surface area contributed by atoms with Crippen LogP contribution in [0.15, 0.2) is 18.2 Å². The predicted octanol–water partition coefficient (Wildman–Crippen LogP) is 1.69. The fourth-order valence-corrected chi connectivity index (χ4v) is 3.61. The average molecular weight is 376 g/mol. The van der Waals surface area contributed by atoms with Gasteiger partial charge in [0.1, 0.15) is 0 Å². The van der Waals surface area contributed by atoms with Crippen molar-refractivity contribution in [1.29, 1.82) is 0 Å². The Morgan fingerprint density at radius 2 is 1.89 bits per heavy atom. The summed E-state index contributed by atoms with van der Waals surface area (Å²) in [6.07, 6.45) is 4.32. The molecule has 0 heterocycles. The maximum Gasteiger partial charge on any atom is 0.317 e. The monoisotopic (exact) mass is 376 g/mol.